The van der Waals surface area contributed by atoms with Crippen LogP contribution in [0.5, 0.6) is 0 Å². The normalized spacial score (nSPS) is 20.8. The molecule has 1 atom stereocenters. The van der Waals surface area contributed by atoms with Gasteiger partial charge in [0.05, 0.1) is 12.6 Å². The lowest BCUT2D eigenvalue weighted by Crippen LogP contribution is -2.49. The van der Waals surface area contributed by atoms with E-state index in [0.29, 0.717) is 28.8 Å². The average Bonchev–Trinajstić information content (AvgIpc) is 2.28. The molecule has 0 saturated carbocycles. The molecule has 4 nitrogen and oxygen atoms in total. The molecule has 0 bridgehead atoms. The lowest BCUT2D eigenvalue weighted by molar-refractivity contribution is -0.128. The second-order valence-electron chi connectivity index (χ2n) is 3.80. The number of rotatable bonds is 2. The van der Waals surface area contributed by atoms with Gasteiger partial charge < -0.3 is 15.4 Å². The molecule has 1 heterocycles. The van der Waals surface area contributed by atoms with E-state index in [-0.39, 0.29) is 18.6 Å². The number of hydrogen-bond donors (Lipinski definition) is 1. The van der Waals surface area contributed by atoms with E-state index in [2.05, 4.69) is 0 Å². The molecule has 0 spiro atoms. The summed E-state index contributed by atoms with van der Waals surface area (Å²) in [5, 5.41) is 0.993. The van der Waals surface area contributed by atoms with Gasteiger partial charge in [0.15, 0.2) is 0 Å². The second kappa shape index (κ2) is 5.23. The summed E-state index contributed by atoms with van der Waals surface area (Å²) in [6, 6.07) is 5.02. The number of nitrogens with zero attached hydrogens (tertiary/aromatic N) is 1. The smallest absolute Gasteiger partial charge is 0.253 e. The molecule has 92 valence electrons. The summed E-state index contributed by atoms with van der Waals surface area (Å²) in [5.74, 6) is -0.118. The van der Waals surface area contributed by atoms with E-state index in [1.165, 1.54) is 0 Å². The maximum atomic E-state index is 11.8. The number of nitrogens with two attached hydrogens (primary N) is 1. The Kier molecular flexibility index (Phi) is 3.89. The molecule has 6 heteroatoms. The van der Waals surface area contributed by atoms with Gasteiger partial charge in [-0.1, -0.05) is 23.2 Å². The number of carbonyl (C=O) groups is 1. The summed E-state index contributed by atoms with van der Waals surface area (Å²) in [7, 11) is 0. The van der Waals surface area contributed by atoms with E-state index in [4.69, 9.17) is 33.7 Å². The van der Waals surface area contributed by atoms with Crippen LogP contribution in [0.2, 0.25) is 10.0 Å². The zero-order valence-electron chi connectivity index (χ0n) is 9.03. The predicted octanol–water partition coefficient (Wildman–Crippen LogP) is 1.68. The summed E-state index contributed by atoms with van der Waals surface area (Å²) in [6.45, 7) is 0.829. The number of benzene rings is 1. The first kappa shape index (κ1) is 12.6. The fourth-order valence-electron chi connectivity index (χ4n) is 1.71. The lowest BCUT2D eigenvalue weighted by Gasteiger charge is -2.32. The Labute approximate surface area is 109 Å². The Morgan fingerprint density at radius 3 is 2.59 bits per heavy atom. The van der Waals surface area contributed by atoms with Crippen LogP contribution in [-0.4, -0.2) is 31.7 Å². The maximum absolute atomic E-state index is 11.8. The quantitative estimate of drug-likeness (QED) is 0.893. The monoisotopic (exact) mass is 274 g/mol. The van der Waals surface area contributed by atoms with E-state index in [1.807, 2.05) is 0 Å². The van der Waals surface area contributed by atoms with Gasteiger partial charge in [0, 0.05) is 22.3 Å². The molecule has 1 aliphatic heterocycles. The molecule has 1 aromatic rings. The lowest BCUT2D eigenvalue weighted by atomic mass is 10.2. The Hall–Kier alpha value is -0.810. The number of halogens is 2. The van der Waals surface area contributed by atoms with Crippen molar-refractivity contribution in [2.75, 3.05) is 24.6 Å². The summed E-state index contributed by atoms with van der Waals surface area (Å²) in [5.41, 5.74) is 6.21. The van der Waals surface area contributed by atoms with Crippen LogP contribution in [-0.2, 0) is 9.53 Å². The zero-order chi connectivity index (χ0) is 12.4. The fourth-order valence-corrected chi connectivity index (χ4v) is 2.23. The van der Waals surface area contributed by atoms with Gasteiger partial charge in [-0.3, -0.25) is 4.79 Å². The standard InChI is InChI=1S/C11H12Cl2N2O2/c12-7-1-8(13)3-9(2-7)15-5-10(4-14)17-6-11(15)16/h1-3,10H,4-6,14H2. The molecule has 2 N–H and O–H groups in total. The highest BCUT2D eigenvalue weighted by Gasteiger charge is 2.26. The minimum Gasteiger partial charge on any atom is -0.365 e. The maximum Gasteiger partial charge on any atom is 0.253 e. The molecule has 1 unspecified atom stereocenters. The average molecular weight is 275 g/mol. The molecule has 0 radical (unpaired) electrons. The highest BCUT2D eigenvalue weighted by molar-refractivity contribution is 6.35. The van der Waals surface area contributed by atoms with Crippen LogP contribution < -0.4 is 10.6 Å². The van der Waals surface area contributed by atoms with Crippen molar-refractivity contribution < 1.29 is 9.53 Å². The van der Waals surface area contributed by atoms with E-state index in [0.717, 1.165) is 0 Å². The molecule has 1 aromatic carbocycles. The van der Waals surface area contributed by atoms with Crippen LogP contribution in [0.4, 0.5) is 5.69 Å². The first-order chi connectivity index (χ1) is 8.10. The minimum atomic E-state index is -0.148. The third-order valence-electron chi connectivity index (χ3n) is 2.55. The number of carbonyl (C=O) groups excluding carboxylic acids is 1. The zero-order valence-corrected chi connectivity index (χ0v) is 10.5. The highest BCUT2D eigenvalue weighted by Crippen LogP contribution is 2.26. The van der Waals surface area contributed by atoms with Crippen molar-refractivity contribution >= 4 is 34.8 Å². The van der Waals surface area contributed by atoms with Crippen LogP contribution in [0.25, 0.3) is 0 Å². The van der Waals surface area contributed by atoms with Gasteiger partial charge in [0.2, 0.25) is 0 Å². The van der Waals surface area contributed by atoms with Crippen molar-refractivity contribution in [2.24, 2.45) is 5.73 Å². The molecular weight excluding hydrogens is 263 g/mol. The van der Waals surface area contributed by atoms with Gasteiger partial charge >= 0.3 is 0 Å². The van der Waals surface area contributed by atoms with E-state index in [9.17, 15) is 4.79 Å². The molecule has 1 aliphatic rings. The summed E-state index contributed by atoms with van der Waals surface area (Å²) >= 11 is 11.8. The summed E-state index contributed by atoms with van der Waals surface area (Å²) in [4.78, 5) is 13.3. The van der Waals surface area contributed by atoms with E-state index >= 15 is 0 Å². The first-order valence-corrected chi connectivity index (χ1v) is 5.94. The van der Waals surface area contributed by atoms with Crippen LogP contribution in [0.1, 0.15) is 0 Å². The van der Waals surface area contributed by atoms with Crippen molar-refractivity contribution in [1.82, 2.24) is 0 Å². The Morgan fingerprint density at radius 2 is 2.00 bits per heavy atom. The second-order valence-corrected chi connectivity index (χ2v) is 4.67. The third kappa shape index (κ3) is 2.90. The van der Waals surface area contributed by atoms with E-state index in [1.54, 1.807) is 23.1 Å². The highest BCUT2D eigenvalue weighted by atomic mass is 35.5. The number of ether oxygens (including phenoxy) is 1. The summed E-state index contributed by atoms with van der Waals surface area (Å²) in [6.07, 6.45) is -0.148. The van der Waals surface area contributed by atoms with Crippen LogP contribution in [0.3, 0.4) is 0 Å². The molecule has 17 heavy (non-hydrogen) atoms. The van der Waals surface area contributed by atoms with Gasteiger partial charge in [-0.2, -0.15) is 0 Å². The van der Waals surface area contributed by atoms with Crippen molar-refractivity contribution in [3.05, 3.63) is 28.2 Å². The van der Waals surface area contributed by atoms with Crippen molar-refractivity contribution in [1.29, 1.82) is 0 Å². The SMILES string of the molecule is NCC1CN(c2cc(Cl)cc(Cl)c2)C(=O)CO1. The van der Waals surface area contributed by atoms with Crippen molar-refractivity contribution in [3.63, 3.8) is 0 Å². The Bertz CT molecular complexity index is 419. The molecule has 2 rings (SSSR count). The molecule has 0 aliphatic carbocycles. The summed E-state index contributed by atoms with van der Waals surface area (Å²) < 4.78 is 5.27. The number of hydrogen-bond acceptors (Lipinski definition) is 3. The van der Waals surface area contributed by atoms with Crippen LogP contribution >= 0.6 is 23.2 Å². The molecular formula is C11H12Cl2N2O2. The van der Waals surface area contributed by atoms with Crippen LogP contribution in [0.15, 0.2) is 18.2 Å². The Morgan fingerprint density at radius 1 is 1.35 bits per heavy atom. The molecule has 1 fully saturated rings. The van der Waals surface area contributed by atoms with Gasteiger partial charge in [-0.05, 0) is 18.2 Å². The fraction of sp³-hybridized carbons (Fsp3) is 0.364. The molecule has 1 amide bonds. The van der Waals surface area contributed by atoms with Gasteiger partial charge in [0.25, 0.3) is 5.91 Å². The number of morpholine rings is 1. The third-order valence-corrected chi connectivity index (χ3v) is 2.99. The Balaban J connectivity index is 2.27. The van der Waals surface area contributed by atoms with E-state index < -0.39 is 0 Å². The van der Waals surface area contributed by atoms with Crippen molar-refractivity contribution in [3.8, 4) is 0 Å². The molecule has 0 aromatic heterocycles. The topological polar surface area (TPSA) is 55.6 Å². The largest absolute Gasteiger partial charge is 0.365 e. The number of amides is 1. The number of anilines is 1. The van der Waals surface area contributed by atoms with Gasteiger partial charge in [0.1, 0.15) is 6.61 Å². The molecule has 1 saturated heterocycles. The predicted molar refractivity (Wildman–Crippen MR) is 67.6 cm³/mol. The minimum absolute atomic E-state index is 0.0337. The van der Waals surface area contributed by atoms with Gasteiger partial charge in [-0.15, -0.1) is 0 Å². The van der Waals surface area contributed by atoms with Gasteiger partial charge in [-0.25, -0.2) is 0 Å². The first-order valence-electron chi connectivity index (χ1n) is 5.18. The van der Waals surface area contributed by atoms with Crippen molar-refractivity contribution in [2.45, 2.75) is 6.10 Å². The van der Waals surface area contributed by atoms with Crippen LogP contribution in [0, 0.1) is 0 Å².